The first kappa shape index (κ1) is 29.7. The van der Waals surface area contributed by atoms with Gasteiger partial charge in [-0.3, -0.25) is 14.4 Å². The Labute approximate surface area is 241 Å². The Morgan fingerprint density at radius 2 is 1.79 bits per heavy atom. The summed E-state index contributed by atoms with van der Waals surface area (Å²) >= 11 is 7.82. The number of benzene rings is 1. The minimum absolute atomic E-state index is 0.000828. The molecule has 1 N–H and O–H groups in total. The number of hydrogen-bond donors (Lipinski definition) is 1. The zero-order valence-corrected chi connectivity index (χ0v) is 24.5. The molecule has 9 heteroatoms. The topological polar surface area (TPSA) is 81.2 Å². The molecule has 1 aromatic rings. The second kappa shape index (κ2) is 12.5. The number of thioether (sulfide) groups is 1. The predicted octanol–water partition coefficient (Wildman–Crippen LogP) is 4.39. The SMILES string of the molecule is C=CCN(C)C(=O)[C@@H]1[C@@H]2CC(C)C3(S2)C(C(=O)N(CC=C)c2ccc(Cl)cc2)N(CCCCCCO)C(=O)[C@H]13. The Morgan fingerprint density at radius 1 is 1.13 bits per heavy atom. The lowest BCUT2D eigenvalue weighted by Crippen LogP contribution is -2.57. The van der Waals surface area contributed by atoms with Crippen LogP contribution in [0.2, 0.25) is 5.02 Å². The number of likely N-dealkylation sites (N-methyl/N-ethyl adjacent to an activating group) is 1. The van der Waals surface area contributed by atoms with Gasteiger partial charge in [0.1, 0.15) is 6.04 Å². The fourth-order valence-electron chi connectivity index (χ4n) is 6.83. The highest BCUT2D eigenvalue weighted by molar-refractivity contribution is 8.02. The molecular weight excluding hydrogens is 534 g/mol. The molecule has 0 aliphatic carbocycles. The molecule has 212 valence electrons. The number of anilines is 1. The van der Waals surface area contributed by atoms with Gasteiger partial charge in [-0.15, -0.1) is 24.9 Å². The van der Waals surface area contributed by atoms with Gasteiger partial charge in [-0.05, 0) is 49.4 Å². The predicted molar refractivity (Wildman–Crippen MR) is 158 cm³/mol. The number of halogens is 1. The van der Waals surface area contributed by atoms with E-state index in [2.05, 4.69) is 20.1 Å². The number of carbonyl (C=O) groups is 3. The van der Waals surface area contributed by atoms with Gasteiger partial charge in [0.2, 0.25) is 11.8 Å². The number of aliphatic hydroxyl groups excluding tert-OH is 1. The number of nitrogens with zero attached hydrogens (tertiary/aromatic N) is 3. The minimum atomic E-state index is -0.684. The molecule has 0 radical (unpaired) electrons. The molecule has 7 nitrogen and oxygen atoms in total. The zero-order chi connectivity index (χ0) is 28.3. The third-order valence-corrected chi connectivity index (χ3v) is 10.9. The van der Waals surface area contributed by atoms with E-state index in [-0.39, 0.29) is 35.5 Å². The van der Waals surface area contributed by atoms with Crippen molar-refractivity contribution in [2.45, 2.75) is 55.1 Å². The molecule has 3 saturated heterocycles. The van der Waals surface area contributed by atoms with Crippen LogP contribution < -0.4 is 4.90 Å². The van der Waals surface area contributed by atoms with Crippen LogP contribution in [0.25, 0.3) is 0 Å². The summed E-state index contributed by atoms with van der Waals surface area (Å²) in [7, 11) is 1.75. The largest absolute Gasteiger partial charge is 0.396 e. The molecule has 4 rings (SSSR count). The number of unbranched alkanes of at least 4 members (excludes halogenated alkanes) is 3. The average molecular weight is 574 g/mol. The zero-order valence-electron chi connectivity index (χ0n) is 22.9. The van der Waals surface area contributed by atoms with E-state index in [4.69, 9.17) is 16.7 Å². The Balaban J connectivity index is 1.74. The third-order valence-electron chi connectivity index (χ3n) is 8.57. The van der Waals surface area contributed by atoms with Gasteiger partial charge >= 0.3 is 0 Å². The van der Waals surface area contributed by atoms with Gasteiger partial charge in [-0.25, -0.2) is 0 Å². The highest BCUT2D eigenvalue weighted by Gasteiger charge is 2.76. The molecule has 3 aliphatic heterocycles. The van der Waals surface area contributed by atoms with Gasteiger partial charge in [0, 0.05) is 49.2 Å². The summed E-state index contributed by atoms with van der Waals surface area (Å²) in [6.07, 6.45) is 7.34. The van der Waals surface area contributed by atoms with Crippen molar-refractivity contribution in [3.63, 3.8) is 0 Å². The van der Waals surface area contributed by atoms with Gasteiger partial charge in [0.05, 0.1) is 16.6 Å². The third kappa shape index (κ3) is 5.27. The lowest BCUT2D eigenvalue weighted by atomic mass is 9.65. The maximum absolute atomic E-state index is 14.6. The first-order chi connectivity index (χ1) is 18.7. The van der Waals surface area contributed by atoms with Crippen LogP contribution in [0.3, 0.4) is 0 Å². The quantitative estimate of drug-likeness (QED) is 0.280. The Kier molecular flexibility index (Phi) is 9.50. The normalized spacial score (nSPS) is 28.9. The average Bonchev–Trinajstić information content (AvgIpc) is 3.51. The van der Waals surface area contributed by atoms with Gasteiger partial charge in [0.25, 0.3) is 5.91 Å². The lowest BCUT2D eigenvalue weighted by molar-refractivity contribution is -0.143. The van der Waals surface area contributed by atoms with Gasteiger partial charge in [0.15, 0.2) is 0 Å². The summed E-state index contributed by atoms with van der Waals surface area (Å²) in [6.45, 7) is 11.1. The van der Waals surface area contributed by atoms with Crippen molar-refractivity contribution >= 4 is 46.8 Å². The number of hydrogen-bond acceptors (Lipinski definition) is 5. The molecule has 0 saturated carbocycles. The monoisotopic (exact) mass is 573 g/mol. The van der Waals surface area contributed by atoms with E-state index < -0.39 is 22.6 Å². The Morgan fingerprint density at radius 3 is 2.44 bits per heavy atom. The molecule has 3 unspecified atom stereocenters. The van der Waals surface area contributed by atoms with Crippen LogP contribution >= 0.6 is 23.4 Å². The molecule has 3 fully saturated rings. The Bertz CT molecular complexity index is 1100. The van der Waals surface area contributed by atoms with E-state index in [0.29, 0.717) is 36.8 Å². The van der Waals surface area contributed by atoms with Crippen molar-refractivity contribution in [2.24, 2.45) is 17.8 Å². The van der Waals surface area contributed by atoms with Crippen LogP contribution in [0.4, 0.5) is 5.69 Å². The number of aliphatic hydroxyl groups is 1. The summed E-state index contributed by atoms with van der Waals surface area (Å²) in [5.74, 6) is -1.18. The van der Waals surface area contributed by atoms with Crippen molar-refractivity contribution < 1.29 is 19.5 Å². The van der Waals surface area contributed by atoms with E-state index in [9.17, 15) is 14.4 Å². The van der Waals surface area contributed by atoms with Crippen LogP contribution in [0.15, 0.2) is 49.6 Å². The van der Waals surface area contributed by atoms with E-state index in [1.165, 1.54) is 0 Å². The Hall–Kier alpha value is -2.29. The number of fused-ring (bicyclic) bond motifs is 1. The van der Waals surface area contributed by atoms with E-state index >= 15 is 0 Å². The standard InChI is InChI=1S/C30H40ClN3O4S/c1-5-15-32(4)27(36)24-23-19-20(3)30(39-23)25(24)28(37)34(17-9-7-8-10-18-35)26(30)29(38)33(16-6-2)22-13-11-21(31)12-14-22/h5-6,11-14,20,23-26,35H,1-2,7-10,15-19H2,3-4H3/t20?,23-,24+,25-,26?,30?/m0/s1. The second-order valence-corrected chi connectivity index (χ2v) is 12.9. The van der Waals surface area contributed by atoms with Crippen molar-refractivity contribution in [3.05, 3.63) is 54.6 Å². The van der Waals surface area contributed by atoms with Crippen LogP contribution in [0, 0.1) is 17.8 Å². The number of amides is 3. The highest BCUT2D eigenvalue weighted by atomic mass is 35.5. The molecule has 1 spiro atoms. The van der Waals surface area contributed by atoms with Gasteiger partial charge in [-0.1, -0.05) is 43.5 Å². The van der Waals surface area contributed by atoms with Crippen LogP contribution in [0.5, 0.6) is 0 Å². The van der Waals surface area contributed by atoms with Crippen LogP contribution in [0.1, 0.15) is 39.0 Å². The summed E-state index contributed by atoms with van der Waals surface area (Å²) in [4.78, 5) is 47.7. The number of rotatable bonds is 13. The molecule has 2 bridgehead atoms. The van der Waals surface area contributed by atoms with Crippen LogP contribution in [-0.2, 0) is 14.4 Å². The number of carbonyl (C=O) groups excluding carboxylic acids is 3. The van der Waals surface area contributed by atoms with Crippen molar-refractivity contribution in [1.29, 1.82) is 0 Å². The number of likely N-dealkylation sites (tertiary alicyclic amines) is 1. The van der Waals surface area contributed by atoms with Crippen LogP contribution in [-0.4, -0.2) is 82.0 Å². The molecule has 6 atom stereocenters. The fourth-order valence-corrected chi connectivity index (χ4v) is 9.36. The smallest absolute Gasteiger partial charge is 0.251 e. The van der Waals surface area contributed by atoms with E-state index in [1.807, 2.05) is 12.1 Å². The van der Waals surface area contributed by atoms with Crippen molar-refractivity contribution in [3.8, 4) is 0 Å². The molecule has 3 heterocycles. The lowest BCUT2D eigenvalue weighted by Gasteiger charge is -2.41. The molecule has 3 aliphatic rings. The highest BCUT2D eigenvalue weighted by Crippen LogP contribution is 2.69. The summed E-state index contributed by atoms with van der Waals surface area (Å²) < 4.78 is -0.675. The molecule has 39 heavy (non-hydrogen) atoms. The maximum Gasteiger partial charge on any atom is 0.251 e. The summed E-state index contributed by atoms with van der Waals surface area (Å²) in [5.41, 5.74) is 0.697. The fraction of sp³-hybridized carbons (Fsp3) is 0.567. The van der Waals surface area contributed by atoms with Crippen molar-refractivity contribution in [2.75, 3.05) is 38.2 Å². The second-order valence-electron chi connectivity index (χ2n) is 10.9. The molecule has 0 aromatic heterocycles. The summed E-state index contributed by atoms with van der Waals surface area (Å²) in [5, 5.41) is 9.74. The molecule has 3 amide bonds. The van der Waals surface area contributed by atoms with Gasteiger partial charge in [-0.2, -0.15) is 0 Å². The van der Waals surface area contributed by atoms with E-state index in [1.54, 1.807) is 57.8 Å². The first-order valence-electron chi connectivity index (χ1n) is 13.9. The molecular formula is C30H40ClN3O4S. The van der Waals surface area contributed by atoms with Crippen molar-refractivity contribution in [1.82, 2.24) is 9.80 Å². The minimum Gasteiger partial charge on any atom is -0.396 e. The maximum atomic E-state index is 14.6. The molecule has 1 aromatic carbocycles. The summed E-state index contributed by atoms with van der Waals surface area (Å²) in [6, 6.07) is 6.45. The van der Waals surface area contributed by atoms with E-state index in [0.717, 1.165) is 25.7 Å². The van der Waals surface area contributed by atoms with Gasteiger partial charge < -0.3 is 19.8 Å². The first-order valence-corrected chi connectivity index (χ1v) is 15.1.